The van der Waals surface area contributed by atoms with Gasteiger partial charge in [0.2, 0.25) is 11.9 Å². The van der Waals surface area contributed by atoms with Gasteiger partial charge in [-0.2, -0.15) is 0 Å². The molecule has 0 bridgehead atoms. The number of ether oxygens (including phenoxy) is 1. The van der Waals surface area contributed by atoms with E-state index in [-0.39, 0.29) is 17.5 Å². The largest absolute Gasteiger partial charge is 0.378 e. The molecule has 150 valence electrons. The number of anilines is 1. The van der Waals surface area contributed by atoms with Gasteiger partial charge in [-0.05, 0) is 32.4 Å². The van der Waals surface area contributed by atoms with Gasteiger partial charge in [0, 0.05) is 55.7 Å². The number of nitrogens with zero attached hydrogens (tertiary/aromatic N) is 4. The van der Waals surface area contributed by atoms with Crippen molar-refractivity contribution in [1.82, 2.24) is 19.4 Å². The van der Waals surface area contributed by atoms with Gasteiger partial charge in [-0.3, -0.25) is 14.6 Å². The average Bonchev–Trinajstić information content (AvgIpc) is 3.18. The van der Waals surface area contributed by atoms with E-state index in [1.54, 1.807) is 0 Å². The van der Waals surface area contributed by atoms with Gasteiger partial charge in [-0.25, -0.2) is 4.98 Å². The quantitative estimate of drug-likeness (QED) is 0.857. The number of carbonyl (C=O) groups excluding carboxylic acids is 1. The molecule has 1 N–H and O–H groups in total. The minimum absolute atomic E-state index is 0.0532. The highest BCUT2D eigenvalue weighted by atomic mass is 16.5. The van der Waals surface area contributed by atoms with Crippen molar-refractivity contribution in [2.24, 2.45) is 0 Å². The van der Waals surface area contributed by atoms with Crippen LogP contribution in [0.1, 0.15) is 36.3 Å². The number of hydrogen-bond donors (Lipinski definition) is 1. The smallest absolute Gasteiger partial charge is 0.255 e. The Balaban J connectivity index is 1.43. The molecule has 0 saturated carbocycles. The third kappa shape index (κ3) is 3.56. The zero-order valence-electron chi connectivity index (χ0n) is 16.5. The van der Waals surface area contributed by atoms with Crippen molar-refractivity contribution >= 4 is 11.9 Å². The number of rotatable bonds is 4. The van der Waals surface area contributed by atoms with Crippen molar-refractivity contribution in [2.75, 3.05) is 37.7 Å². The molecule has 1 fully saturated rings. The molecule has 8 nitrogen and oxygen atoms in total. The summed E-state index contributed by atoms with van der Waals surface area (Å²) in [5.41, 5.74) is 2.30. The number of aromatic nitrogens is 3. The van der Waals surface area contributed by atoms with Gasteiger partial charge in [0.05, 0.1) is 19.3 Å². The normalized spacial score (nSPS) is 19.6. The van der Waals surface area contributed by atoms with Gasteiger partial charge in [-0.1, -0.05) is 0 Å². The second kappa shape index (κ2) is 7.79. The fourth-order valence-electron chi connectivity index (χ4n) is 4.11. The van der Waals surface area contributed by atoms with Crippen LogP contribution in [0.4, 0.5) is 5.95 Å². The summed E-state index contributed by atoms with van der Waals surface area (Å²) in [6, 6.07) is 4.13. The number of amides is 1. The van der Waals surface area contributed by atoms with Gasteiger partial charge in [0.25, 0.3) is 5.56 Å². The van der Waals surface area contributed by atoms with Crippen molar-refractivity contribution < 1.29 is 9.53 Å². The molecule has 1 amide bonds. The van der Waals surface area contributed by atoms with Gasteiger partial charge in [-0.15, -0.1) is 0 Å². The van der Waals surface area contributed by atoms with E-state index < -0.39 is 0 Å². The molecule has 2 aliphatic rings. The zero-order valence-corrected chi connectivity index (χ0v) is 16.5. The molecule has 0 aliphatic carbocycles. The third-order valence-corrected chi connectivity index (χ3v) is 5.77. The maximum Gasteiger partial charge on any atom is 0.255 e. The monoisotopic (exact) mass is 385 g/mol. The van der Waals surface area contributed by atoms with Crippen LogP contribution in [0, 0.1) is 6.92 Å². The zero-order chi connectivity index (χ0) is 19.7. The highest BCUT2D eigenvalue weighted by molar-refractivity contribution is 5.77. The van der Waals surface area contributed by atoms with Crippen molar-refractivity contribution in [3.63, 3.8) is 0 Å². The van der Waals surface area contributed by atoms with Crippen LogP contribution in [-0.2, 0) is 22.5 Å². The molecule has 0 spiro atoms. The molecule has 8 heteroatoms. The lowest BCUT2D eigenvalue weighted by Crippen LogP contribution is -2.41. The molecule has 1 atom stereocenters. The van der Waals surface area contributed by atoms with Crippen molar-refractivity contribution in [2.45, 2.75) is 39.3 Å². The molecule has 2 aliphatic heterocycles. The van der Waals surface area contributed by atoms with Crippen molar-refractivity contribution in [1.29, 1.82) is 0 Å². The van der Waals surface area contributed by atoms with E-state index in [1.807, 2.05) is 22.8 Å². The van der Waals surface area contributed by atoms with Crippen molar-refractivity contribution in [3.8, 4) is 0 Å². The Morgan fingerprint density at radius 2 is 2.07 bits per heavy atom. The number of nitrogens with one attached hydrogen (secondary N) is 1. The Labute approximate surface area is 164 Å². The summed E-state index contributed by atoms with van der Waals surface area (Å²) in [6.45, 7) is 8.12. The minimum Gasteiger partial charge on any atom is -0.378 e. The van der Waals surface area contributed by atoms with Crippen LogP contribution in [0.5, 0.6) is 0 Å². The highest BCUT2D eigenvalue weighted by Gasteiger charge is 2.27. The molecule has 0 aromatic carbocycles. The van der Waals surface area contributed by atoms with Crippen LogP contribution >= 0.6 is 0 Å². The average molecular weight is 385 g/mol. The van der Waals surface area contributed by atoms with Gasteiger partial charge in [0.15, 0.2) is 0 Å². The highest BCUT2D eigenvalue weighted by Crippen LogP contribution is 2.26. The lowest BCUT2D eigenvalue weighted by molar-refractivity contribution is -0.134. The van der Waals surface area contributed by atoms with Crippen LogP contribution < -0.4 is 10.5 Å². The lowest BCUT2D eigenvalue weighted by atomic mass is 10.1. The molecule has 1 saturated heterocycles. The van der Waals surface area contributed by atoms with Gasteiger partial charge in [0.1, 0.15) is 0 Å². The molecule has 28 heavy (non-hydrogen) atoms. The molecule has 2 aromatic rings. The number of fused-ring (bicyclic) bond motifs is 1. The molecule has 4 rings (SSSR count). The van der Waals surface area contributed by atoms with Gasteiger partial charge < -0.3 is 19.1 Å². The number of aryl methyl sites for hydroxylation is 1. The first-order valence-corrected chi connectivity index (χ1v) is 9.91. The second-order valence-corrected chi connectivity index (χ2v) is 7.44. The van der Waals surface area contributed by atoms with E-state index in [4.69, 9.17) is 4.74 Å². The summed E-state index contributed by atoms with van der Waals surface area (Å²) in [5.74, 6) is 0.669. The van der Waals surface area contributed by atoms with Gasteiger partial charge >= 0.3 is 0 Å². The summed E-state index contributed by atoms with van der Waals surface area (Å²) < 4.78 is 7.54. The Hall–Kier alpha value is -2.61. The number of aromatic amines is 1. The molecule has 0 radical (unpaired) electrons. The van der Waals surface area contributed by atoms with Crippen LogP contribution in [0.2, 0.25) is 0 Å². The van der Waals surface area contributed by atoms with E-state index in [9.17, 15) is 9.59 Å². The van der Waals surface area contributed by atoms with Crippen LogP contribution in [0.3, 0.4) is 0 Å². The fraction of sp³-hybridized carbons (Fsp3) is 0.550. The fourth-order valence-corrected chi connectivity index (χ4v) is 4.11. The first kappa shape index (κ1) is 18.7. The van der Waals surface area contributed by atoms with Crippen LogP contribution in [0.15, 0.2) is 23.1 Å². The number of carbonyl (C=O) groups is 1. The molecule has 4 heterocycles. The Morgan fingerprint density at radius 1 is 1.29 bits per heavy atom. The first-order chi connectivity index (χ1) is 13.5. The van der Waals surface area contributed by atoms with E-state index in [2.05, 4.69) is 33.7 Å². The standard InChI is InChI=1S/C20H27N5O3/c1-14-16(19(27)22-20(21-14)24-10-12-28-13-11-24)5-6-18(26)25-9-8-23-7-3-4-17(23)15(25)2/h3-4,7,15H,5-6,8-13H2,1-2H3,(H,21,22,27). The van der Waals surface area contributed by atoms with E-state index in [0.717, 1.165) is 25.3 Å². The SMILES string of the molecule is Cc1nc(N2CCOCC2)[nH]c(=O)c1CCC(=O)N1CCn2cccc2C1C. The third-order valence-electron chi connectivity index (χ3n) is 5.77. The Kier molecular flexibility index (Phi) is 5.21. The van der Waals surface area contributed by atoms with Crippen LogP contribution in [0.25, 0.3) is 0 Å². The topological polar surface area (TPSA) is 83.5 Å². The van der Waals surface area contributed by atoms with Crippen molar-refractivity contribution in [3.05, 3.63) is 45.6 Å². The summed E-state index contributed by atoms with van der Waals surface area (Å²) >= 11 is 0. The predicted molar refractivity (Wildman–Crippen MR) is 106 cm³/mol. The Bertz CT molecular complexity index is 913. The summed E-state index contributed by atoms with van der Waals surface area (Å²) in [4.78, 5) is 36.8. The van der Waals surface area contributed by atoms with E-state index >= 15 is 0 Å². The predicted octanol–water partition coefficient (Wildman–Crippen LogP) is 1.25. The number of morpholine rings is 1. The summed E-state index contributed by atoms with van der Waals surface area (Å²) in [6.07, 6.45) is 2.77. The maximum atomic E-state index is 12.8. The van der Waals surface area contributed by atoms with E-state index in [1.165, 1.54) is 0 Å². The molecular weight excluding hydrogens is 358 g/mol. The number of hydrogen-bond acceptors (Lipinski definition) is 5. The number of H-pyrrole nitrogens is 1. The molecular formula is C20H27N5O3. The Morgan fingerprint density at radius 3 is 2.82 bits per heavy atom. The van der Waals surface area contributed by atoms with E-state index in [0.29, 0.717) is 49.8 Å². The molecule has 2 aromatic heterocycles. The minimum atomic E-state index is -0.151. The first-order valence-electron chi connectivity index (χ1n) is 9.91. The van der Waals surface area contributed by atoms with Crippen LogP contribution in [-0.4, -0.2) is 58.2 Å². The molecule has 1 unspecified atom stereocenters. The second-order valence-electron chi connectivity index (χ2n) is 7.44. The maximum absolute atomic E-state index is 12.8. The summed E-state index contributed by atoms with van der Waals surface area (Å²) in [5, 5.41) is 0. The summed E-state index contributed by atoms with van der Waals surface area (Å²) in [7, 11) is 0. The lowest BCUT2D eigenvalue weighted by Gasteiger charge is -2.35.